The van der Waals surface area contributed by atoms with E-state index in [1.807, 2.05) is 0 Å². The molecule has 0 atom stereocenters. The Labute approximate surface area is 134 Å². The Morgan fingerprint density at radius 3 is 1.73 bits per heavy atom. The third-order valence-electron chi connectivity index (χ3n) is 3.24. The fraction of sp³-hybridized carbons (Fsp3) is 0.875. The van der Waals surface area contributed by atoms with Gasteiger partial charge < -0.3 is 15.2 Å². The Bertz CT molecular complexity index is 278. The quantitative estimate of drug-likeness (QED) is 0.388. The molecule has 0 bridgehead atoms. The summed E-state index contributed by atoms with van der Waals surface area (Å²) >= 11 is 0. The lowest BCUT2D eigenvalue weighted by Crippen LogP contribution is -2.36. The van der Waals surface area contributed by atoms with E-state index >= 15 is 0 Å². The molecule has 6 heteroatoms. The van der Waals surface area contributed by atoms with E-state index in [9.17, 15) is 9.59 Å². The van der Waals surface area contributed by atoms with E-state index in [-0.39, 0.29) is 25.0 Å². The van der Waals surface area contributed by atoms with Gasteiger partial charge in [-0.3, -0.25) is 14.5 Å². The molecule has 0 heterocycles. The number of carbonyl (C=O) groups is 2. The molecule has 0 aromatic heterocycles. The average Bonchev–Trinajstić information content (AvgIpc) is 2.46. The third-order valence-corrected chi connectivity index (χ3v) is 3.24. The molecule has 2 N–H and O–H groups in total. The molecule has 0 spiro atoms. The molecule has 22 heavy (non-hydrogen) atoms. The maximum Gasteiger partial charge on any atom is 0.320 e. The van der Waals surface area contributed by atoms with Gasteiger partial charge in [0.25, 0.3) is 0 Å². The Hall–Kier alpha value is -1.14. The van der Waals surface area contributed by atoms with Crippen LogP contribution in [0.3, 0.4) is 0 Å². The van der Waals surface area contributed by atoms with Crippen LogP contribution in [-0.2, 0) is 19.1 Å². The number of hydrogen-bond donors (Lipinski definition) is 1. The molecule has 6 nitrogen and oxygen atoms in total. The van der Waals surface area contributed by atoms with Gasteiger partial charge in [0.2, 0.25) is 0 Å². The summed E-state index contributed by atoms with van der Waals surface area (Å²) in [5.41, 5.74) is 5.46. The minimum atomic E-state index is -0.297. The highest BCUT2D eigenvalue weighted by molar-refractivity contribution is 5.75. The van der Waals surface area contributed by atoms with Crippen LogP contribution in [0.5, 0.6) is 0 Å². The van der Waals surface area contributed by atoms with Crippen LogP contribution in [0.25, 0.3) is 0 Å². The van der Waals surface area contributed by atoms with Crippen molar-refractivity contribution in [2.24, 2.45) is 5.73 Å². The third kappa shape index (κ3) is 12.6. The van der Waals surface area contributed by atoms with Gasteiger partial charge in [0.1, 0.15) is 0 Å². The molecule has 0 rings (SSSR count). The molecule has 0 aliphatic heterocycles. The molecule has 0 aliphatic rings. The minimum absolute atomic E-state index is 0.139. The second-order valence-corrected chi connectivity index (χ2v) is 5.23. The summed E-state index contributed by atoms with van der Waals surface area (Å²) < 4.78 is 9.88. The zero-order valence-corrected chi connectivity index (χ0v) is 14.1. The molecular weight excluding hydrogens is 284 g/mol. The van der Waals surface area contributed by atoms with Crippen LogP contribution >= 0.6 is 0 Å². The van der Waals surface area contributed by atoms with Crippen molar-refractivity contribution in [3.63, 3.8) is 0 Å². The van der Waals surface area contributed by atoms with Crippen molar-refractivity contribution >= 4 is 11.9 Å². The van der Waals surface area contributed by atoms with Crippen molar-refractivity contribution in [3.8, 4) is 0 Å². The average molecular weight is 316 g/mol. The fourth-order valence-electron chi connectivity index (χ4n) is 2.18. The van der Waals surface area contributed by atoms with Gasteiger partial charge in [0.05, 0.1) is 26.3 Å². The van der Waals surface area contributed by atoms with E-state index in [0.29, 0.717) is 19.8 Å². The normalized spacial score (nSPS) is 10.7. The van der Waals surface area contributed by atoms with Crippen molar-refractivity contribution in [1.29, 1.82) is 0 Å². The Kier molecular flexibility index (Phi) is 14.0. The molecule has 0 saturated heterocycles. The first-order valence-electron chi connectivity index (χ1n) is 8.37. The van der Waals surface area contributed by atoms with Gasteiger partial charge in [-0.15, -0.1) is 0 Å². The summed E-state index contributed by atoms with van der Waals surface area (Å²) in [5, 5.41) is 0. The van der Waals surface area contributed by atoms with Crippen molar-refractivity contribution in [3.05, 3.63) is 0 Å². The maximum absolute atomic E-state index is 11.6. The molecule has 0 aliphatic carbocycles. The predicted molar refractivity (Wildman–Crippen MR) is 86.5 cm³/mol. The summed E-state index contributed by atoms with van der Waals surface area (Å²) in [7, 11) is 0. The van der Waals surface area contributed by atoms with E-state index in [4.69, 9.17) is 15.2 Å². The number of carbonyl (C=O) groups excluding carboxylic acids is 2. The summed E-state index contributed by atoms with van der Waals surface area (Å²) in [6.07, 6.45) is 6.65. The molecule has 0 saturated carbocycles. The van der Waals surface area contributed by atoms with Gasteiger partial charge in [-0.2, -0.15) is 0 Å². The van der Waals surface area contributed by atoms with Crippen LogP contribution in [-0.4, -0.2) is 56.2 Å². The van der Waals surface area contributed by atoms with Crippen LogP contribution in [0.1, 0.15) is 52.4 Å². The minimum Gasteiger partial charge on any atom is -0.465 e. The number of unbranched alkanes of at least 4 members (excludes halogenated alkanes) is 5. The SMILES string of the molecule is CCOC(=O)CN(CCCCCCCCN)CC(=O)OCC. The summed E-state index contributed by atoms with van der Waals surface area (Å²) in [6, 6.07) is 0. The smallest absolute Gasteiger partial charge is 0.320 e. The molecule has 0 aromatic carbocycles. The molecule has 0 amide bonds. The number of ether oxygens (including phenoxy) is 2. The van der Waals surface area contributed by atoms with E-state index in [0.717, 1.165) is 32.2 Å². The lowest BCUT2D eigenvalue weighted by Gasteiger charge is -2.20. The van der Waals surface area contributed by atoms with Gasteiger partial charge in [-0.1, -0.05) is 25.7 Å². The van der Waals surface area contributed by atoms with E-state index in [1.54, 1.807) is 18.7 Å². The lowest BCUT2D eigenvalue weighted by molar-refractivity contribution is -0.148. The van der Waals surface area contributed by atoms with Crippen LogP contribution in [0.4, 0.5) is 0 Å². The van der Waals surface area contributed by atoms with Crippen LogP contribution in [0.15, 0.2) is 0 Å². The molecule has 0 aromatic rings. The van der Waals surface area contributed by atoms with Crippen LogP contribution in [0, 0.1) is 0 Å². The Morgan fingerprint density at radius 2 is 1.27 bits per heavy atom. The zero-order valence-electron chi connectivity index (χ0n) is 14.1. The molecular formula is C16H32N2O4. The number of nitrogens with two attached hydrogens (primary N) is 1. The highest BCUT2D eigenvalue weighted by Crippen LogP contribution is 2.06. The molecule has 0 radical (unpaired) electrons. The van der Waals surface area contributed by atoms with Gasteiger partial charge in [-0.05, 0) is 39.8 Å². The topological polar surface area (TPSA) is 81.9 Å². The number of hydrogen-bond acceptors (Lipinski definition) is 6. The monoisotopic (exact) mass is 316 g/mol. The summed E-state index contributed by atoms with van der Waals surface area (Å²) in [4.78, 5) is 24.9. The first-order chi connectivity index (χ1) is 10.6. The number of esters is 2. The second kappa shape index (κ2) is 14.8. The first kappa shape index (κ1) is 20.9. The van der Waals surface area contributed by atoms with Gasteiger partial charge in [-0.25, -0.2) is 0 Å². The highest BCUT2D eigenvalue weighted by atomic mass is 16.5. The van der Waals surface area contributed by atoms with E-state index < -0.39 is 0 Å². The van der Waals surface area contributed by atoms with Gasteiger partial charge >= 0.3 is 11.9 Å². The van der Waals surface area contributed by atoms with E-state index in [1.165, 1.54) is 12.8 Å². The number of rotatable bonds is 14. The fourth-order valence-corrected chi connectivity index (χ4v) is 2.18. The lowest BCUT2D eigenvalue weighted by atomic mass is 10.1. The van der Waals surface area contributed by atoms with Crippen molar-refractivity contribution in [1.82, 2.24) is 4.90 Å². The van der Waals surface area contributed by atoms with E-state index in [2.05, 4.69) is 0 Å². The Balaban J connectivity index is 4.00. The Morgan fingerprint density at radius 1 is 0.818 bits per heavy atom. The summed E-state index contributed by atoms with van der Waals surface area (Å²) in [6.45, 7) is 5.99. The van der Waals surface area contributed by atoms with Crippen molar-refractivity contribution in [2.45, 2.75) is 52.4 Å². The van der Waals surface area contributed by atoms with Crippen LogP contribution < -0.4 is 5.73 Å². The molecule has 130 valence electrons. The summed E-state index contributed by atoms with van der Waals surface area (Å²) in [5.74, 6) is -0.593. The zero-order chi connectivity index (χ0) is 16.6. The van der Waals surface area contributed by atoms with Crippen molar-refractivity contribution < 1.29 is 19.1 Å². The maximum atomic E-state index is 11.6. The van der Waals surface area contributed by atoms with Gasteiger partial charge in [0, 0.05) is 0 Å². The number of nitrogens with zero attached hydrogens (tertiary/aromatic N) is 1. The molecule has 0 unspecified atom stereocenters. The van der Waals surface area contributed by atoms with Crippen LogP contribution in [0.2, 0.25) is 0 Å². The first-order valence-corrected chi connectivity index (χ1v) is 8.37. The standard InChI is InChI=1S/C16H32N2O4/c1-3-21-15(19)13-18(14-16(20)22-4-2)12-10-8-6-5-7-9-11-17/h3-14,17H2,1-2H3. The second-order valence-electron chi connectivity index (χ2n) is 5.23. The van der Waals surface area contributed by atoms with Crippen molar-refractivity contribution in [2.75, 3.05) is 39.4 Å². The highest BCUT2D eigenvalue weighted by Gasteiger charge is 2.15. The predicted octanol–water partition coefficient (Wildman–Crippen LogP) is 1.71. The van der Waals surface area contributed by atoms with Gasteiger partial charge in [0.15, 0.2) is 0 Å². The largest absolute Gasteiger partial charge is 0.465 e. The molecule has 0 fully saturated rings.